The van der Waals surface area contributed by atoms with Crippen molar-refractivity contribution in [2.45, 2.75) is 6.92 Å². The summed E-state index contributed by atoms with van der Waals surface area (Å²) in [7, 11) is 0. The maximum Gasteiger partial charge on any atom is 0.148 e. The molecule has 4 heteroatoms. The van der Waals surface area contributed by atoms with Crippen molar-refractivity contribution in [3.05, 3.63) is 58.6 Å². The van der Waals surface area contributed by atoms with E-state index in [1.54, 1.807) is 6.07 Å². The Bertz CT molecular complexity index is 734. The summed E-state index contributed by atoms with van der Waals surface area (Å²) in [6.07, 6.45) is 0. The number of nitrogens with zero attached hydrogens (tertiary/aromatic N) is 2. The topological polar surface area (TPSA) is 17.8 Å². The van der Waals surface area contributed by atoms with Crippen LogP contribution in [0.1, 0.15) is 5.82 Å². The summed E-state index contributed by atoms with van der Waals surface area (Å²) in [6.45, 7) is 1.88. The van der Waals surface area contributed by atoms with Gasteiger partial charge in [-0.25, -0.2) is 9.37 Å². The zero-order valence-electron chi connectivity index (χ0n) is 9.69. The molecule has 2 nitrogen and oxygen atoms in total. The van der Waals surface area contributed by atoms with Crippen molar-refractivity contribution in [3.8, 4) is 5.69 Å². The number of rotatable bonds is 1. The highest BCUT2D eigenvalue weighted by Crippen LogP contribution is 2.24. The van der Waals surface area contributed by atoms with Crippen LogP contribution in [0.25, 0.3) is 16.7 Å². The second kappa shape index (κ2) is 4.21. The molecule has 3 aromatic rings. The van der Waals surface area contributed by atoms with Gasteiger partial charge in [0.2, 0.25) is 0 Å². The predicted octanol–water partition coefficient (Wildman–Crippen LogP) is 4.24. The van der Waals surface area contributed by atoms with Gasteiger partial charge in [-0.3, -0.25) is 4.57 Å². The van der Waals surface area contributed by atoms with Gasteiger partial charge in [-0.1, -0.05) is 28.1 Å². The molecule has 0 atom stereocenters. The zero-order chi connectivity index (χ0) is 12.7. The highest BCUT2D eigenvalue weighted by molar-refractivity contribution is 9.10. The lowest BCUT2D eigenvalue weighted by Crippen LogP contribution is -1.99. The summed E-state index contributed by atoms with van der Waals surface area (Å²) in [4.78, 5) is 4.44. The van der Waals surface area contributed by atoms with Crippen molar-refractivity contribution >= 4 is 27.0 Å². The van der Waals surface area contributed by atoms with Crippen LogP contribution < -0.4 is 0 Å². The maximum absolute atomic E-state index is 14.0. The van der Waals surface area contributed by atoms with Crippen LogP contribution in [0.4, 0.5) is 4.39 Å². The van der Waals surface area contributed by atoms with Crippen LogP contribution in [-0.2, 0) is 0 Å². The summed E-state index contributed by atoms with van der Waals surface area (Å²) >= 11 is 3.26. The number of halogens is 2. The van der Waals surface area contributed by atoms with Gasteiger partial charge in [0.1, 0.15) is 11.6 Å². The highest BCUT2D eigenvalue weighted by atomic mass is 79.9. The van der Waals surface area contributed by atoms with Gasteiger partial charge in [-0.05, 0) is 37.3 Å². The van der Waals surface area contributed by atoms with E-state index >= 15 is 0 Å². The Morgan fingerprint density at radius 3 is 2.72 bits per heavy atom. The van der Waals surface area contributed by atoms with Crippen LogP contribution in [-0.4, -0.2) is 9.55 Å². The number of aromatic nitrogens is 2. The van der Waals surface area contributed by atoms with Crippen molar-refractivity contribution in [1.82, 2.24) is 9.55 Å². The van der Waals surface area contributed by atoms with E-state index in [0.29, 0.717) is 5.69 Å². The lowest BCUT2D eigenvalue weighted by molar-refractivity contribution is 0.617. The summed E-state index contributed by atoms with van der Waals surface area (Å²) in [6, 6.07) is 12.8. The molecule has 2 aromatic carbocycles. The quantitative estimate of drug-likeness (QED) is 0.657. The third-order valence-corrected chi connectivity index (χ3v) is 3.37. The molecule has 0 bridgehead atoms. The largest absolute Gasteiger partial charge is 0.294 e. The van der Waals surface area contributed by atoms with E-state index in [1.165, 1.54) is 6.07 Å². The van der Waals surface area contributed by atoms with Crippen molar-refractivity contribution < 1.29 is 4.39 Å². The van der Waals surface area contributed by atoms with Crippen molar-refractivity contribution in [3.63, 3.8) is 0 Å². The molecule has 18 heavy (non-hydrogen) atoms. The first-order valence-corrected chi connectivity index (χ1v) is 6.35. The SMILES string of the molecule is Cc1nc2ccccc2n1-c1ccc(Br)cc1F. The number of fused-ring (bicyclic) bond motifs is 1. The average Bonchev–Trinajstić information content (AvgIpc) is 2.66. The van der Waals surface area contributed by atoms with Gasteiger partial charge in [-0.2, -0.15) is 0 Å². The van der Waals surface area contributed by atoms with Gasteiger partial charge in [-0.15, -0.1) is 0 Å². The lowest BCUT2D eigenvalue weighted by Gasteiger charge is -2.08. The number of imidazole rings is 1. The van der Waals surface area contributed by atoms with Gasteiger partial charge < -0.3 is 0 Å². The molecule has 0 spiro atoms. The summed E-state index contributed by atoms with van der Waals surface area (Å²) in [5.74, 6) is 0.507. The molecule has 0 aliphatic carbocycles. The fourth-order valence-electron chi connectivity index (χ4n) is 2.11. The highest BCUT2D eigenvalue weighted by Gasteiger charge is 2.12. The van der Waals surface area contributed by atoms with Crippen molar-refractivity contribution in [1.29, 1.82) is 0 Å². The fourth-order valence-corrected chi connectivity index (χ4v) is 2.45. The summed E-state index contributed by atoms with van der Waals surface area (Å²) in [5.41, 5.74) is 2.30. The Kier molecular flexibility index (Phi) is 2.67. The Balaban J connectivity index is 2.34. The molecule has 1 aromatic heterocycles. The number of hydrogen-bond donors (Lipinski definition) is 0. The number of benzene rings is 2. The normalized spacial score (nSPS) is 11.1. The van der Waals surface area contributed by atoms with Crippen molar-refractivity contribution in [2.24, 2.45) is 0 Å². The molecule has 0 amide bonds. The van der Waals surface area contributed by atoms with Gasteiger partial charge in [0.05, 0.1) is 16.7 Å². The Hall–Kier alpha value is -1.68. The van der Waals surface area contributed by atoms with Crippen LogP contribution in [0.3, 0.4) is 0 Å². The molecular weight excluding hydrogens is 295 g/mol. The molecule has 0 aliphatic rings. The Labute approximate surface area is 112 Å². The minimum absolute atomic E-state index is 0.268. The van der Waals surface area contributed by atoms with Crippen LogP contribution in [0.2, 0.25) is 0 Å². The van der Waals surface area contributed by atoms with E-state index < -0.39 is 0 Å². The lowest BCUT2D eigenvalue weighted by atomic mass is 10.2. The van der Waals surface area contributed by atoms with E-state index in [9.17, 15) is 4.39 Å². The fraction of sp³-hybridized carbons (Fsp3) is 0.0714. The number of para-hydroxylation sites is 2. The Morgan fingerprint density at radius 1 is 1.17 bits per heavy atom. The van der Waals surface area contributed by atoms with E-state index in [-0.39, 0.29) is 5.82 Å². The minimum Gasteiger partial charge on any atom is -0.294 e. The van der Waals surface area contributed by atoms with Gasteiger partial charge in [0, 0.05) is 4.47 Å². The summed E-state index contributed by atoms with van der Waals surface area (Å²) in [5, 5.41) is 0. The van der Waals surface area contributed by atoms with Crippen molar-refractivity contribution in [2.75, 3.05) is 0 Å². The number of aryl methyl sites for hydroxylation is 1. The molecule has 0 N–H and O–H groups in total. The van der Waals surface area contributed by atoms with Crippen LogP contribution in [0.5, 0.6) is 0 Å². The minimum atomic E-state index is -0.268. The van der Waals surface area contributed by atoms with Crippen LogP contribution in [0.15, 0.2) is 46.9 Å². The standard InChI is InChI=1S/C14H10BrFN2/c1-9-17-12-4-2-3-5-14(12)18(9)13-7-6-10(15)8-11(13)16/h2-8H,1H3. The molecule has 1 heterocycles. The third-order valence-electron chi connectivity index (χ3n) is 2.88. The van der Waals surface area contributed by atoms with Gasteiger partial charge in [0.25, 0.3) is 0 Å². The molecule has 0 aliphatic heterocycles. The van der Waals surface area contributed by atoms with Crippen LogP contribution in [0, 0.1) is 12.7 Å². The molecule has 0 fully saturated rings. The van der Waals surface area contributed by atoms with E-state index in [0.717, 1.165) is 21.3 Å². The predicted molar refractivity (Wildman–Crippen MR) is 73.5 cm³/mol. The first-order chi connectivity index (χ1) is 8.66. The van der Waals surface area contributed by atoms with E-state index in [4.69, 9.17) is 0 Å². The monoisotopic (exact) mass is 304 g/mol. The van der Waals surface area contributed by atoms with Gasteiger partial charge >= 0.3 is 0 Å². The van der Waals surface area contributed by atoms with E-state index in [1.807, 2.05) is 41.8 Å². The first kappa shape index (κ1) is 11.4. The molecule has 90 valence electrons. The van der Waals surface area contributed by atoms with E-state index in [2.05, 4.69) is 20.9 Å². The van der Waals surface area contributed by atoms with Crippen LogP contribution >= 0.6 is 15.9 Å². The zero-order valence-corrected chi connectivity index (χ0v) is 11.3. The second-order valence-electron chi connectivity index (χ2n) is 4.08. The molecule has 3 rings (SSSR count). The summed E-state index contributed by atoms with van der Waals surface area (Å²) < 4.78 is 16.6. The molecule has 0 radical (unpaired) electrons. The Morgan fingerprint density at radius 2 is 1.94 bits per heavy atom. The molecular formula is C14H10BrFN2. The average molecular weight is 305 g/mol. The maximum atomic E-state index is 14.0. The smallest absolute Gasteiger partial charge is 0.148 e. The third kappa shape index (κ3) is 1.73. The molecule has 0 saturated heterocycles. The number of hydrogen-bond acceptors (Lipinski definition) is 1. The second-order valence-corrected chi connectivity index (χ2v) is 4.99. The molecule has 0 saturated carbocycles. The van der Waals surface area contributed by atoms with Gasteiger partial charge in [0.15, 0.2) is 0 Å². The molecule has 0 unspecified atom stereocenters. The first-order valence-electron chi connectivity index (χ1n) is 5.56.